The molecule has 0 radical (unpaired) electrons. The molecule has 4 heteroatoms. The van der Waals surface area contributed by atoms with E-state index in [1.807, 2.05) is 0 Å². The lowest BCUT2D eigenvalue weighted by Gasteiger charge is -2.37. The average Bonchev–Trinajstić information content (AvgIpc) is 2.86. The van der Waals surface area contributed by atoms with E-state index in [1.165, 1.54) is 57.4 Å². The lowest BCUT2D eigenvalue weighted by atomic mass is 9.92. The molecule has 0 aromatic heterocycles. The summed E-state index contributed by atoms with van der Waals surface area (Å²) in [5.41, 5.74) is 1.40. The molecule has 3 aliphatic rings. The minimum atomic E-state index is 0.736. The maximum Gasteiger partial charge on any atom is 0.122 e. The van der Waals surface area contributed by atoms with Crippen molar-refractivity contribution in [3.8, 4) is 5.75 Å². The summed E-state index contributed by atoms with van der Waals surface area (Å²) < 4.78 is 11.4. The molecule has 4 nitrogen and oxygen atoms in total. The fraction of sp³-hybridized carbons (Fsp3) is 0.714. The van der Waals surface area contributed by atoms with Crippen molar-refractivity contribution in [2.75, 3.05) is 59.1 Å². The van der Waals surface area contributed by atoms with Gasteiger partial charge in [0.2, 0.25) is 0 Å². The first kappa shape index (κ1) is 17.3. The van der Waals surface area contributed by atoms with Crippen LogP contribution >= 0.6 is 0 Å². The minimum absolute atomic E-state index is 0.736. The van der Waals surface area contributed by atoms with E-state index in [0.29, 0.717) is 0 Å². The molecule has 0 N–H and O–H groups in total. The summed E-state index contributed by atoms with van der Waals surface area (Å²) in [5, 5.41) is 0. The van der Waals surface area contributed by atoms with Gasteiger partial charge in [0.1, 0.15) is 5.75 Å². The zero-order valence-corrected chi connectivity index (χ0v) is 15.4. The average molecular weight is 344 g/mol. The predicted molar refractivity (Wildman–Crippen MR) is 100 cm³/mol. The van der Waals surface area contributed by atoms with Crippen LogP contribution in [0.15, 0.2) is 24.3 Å². The van der Waals surface area contributed by atoms with E-state index in [4.69, 9.17) is 9.47 Å². The van der Waals surface area contributed by atoms with Crippen LogP contribution in [0.1, 0.15) is 24.8 Å². The van der Waals surface area contributed by atoms with Gasteiger partial charge in [0.05, 0.1) is 19.8 Å². The van der Waals surface area contributed by atoms with Gasteiger partial charge in [-0.25, -0.2) is 0 Å². The highest BCUT2D eigenvalue weighted by molar-refractivity contribution is 5.34. The number of morpholine rings is 1. The van der Waals surface area contributed by atoms with Crippen molar-refractivity contribution < 1.29 is 9.47 Å². The smallest absolute Gasteiger partial charge is 0.122 e. The van der Waals surface area contributed by atoms with Crippen molar-refractivity contribution in [2.45, 2.75) is 25.7 Å². The van der Waals surface area contributed by atoms with Gasteiger partial charge >= 0.3 is 0 Å². The number of piperidine rings is 1. The molecular weight excluding hydrogens is 312 g/mol. The largest absolute Gasteiger partial charge is 0.493 e. The molecule has 0 aliphatic carbocycles. The SMILES string of the molecule is c1ccc2c(c1)C[C@@H](CN1CCC(CN3CCOCC3)CC1)CCO2. The first-order valence-corrected chi connectivity index (χ1v) is 10.1. The number of ether oxygens (including phenoxy) is 2. The topological polar surface area (TPSA) is 24.9 Å². The van der Waals surface area contributed by atoms with Gasteiger partial charge in [-0.3, -0.25) is 4.90 Å². The summed E-state index contributed by atoms with van der Waals surface area (Å²) in [7, 11) is 0. The predicted octanol–water partition coefficient (Wildman–Crippen LogP) is 2.67. The van der Waals surface area contributed by atoms with E-state index in [2.05, 4.69) is 34.1 Å². The third kappa shape index (κ3) is 4.75. The van der Waals surface area contributed by atoms with Gasteiger partial charge in [-0.05, 0) is 62.2 Å². The molecule has 1 aromatic carbocycles. The van der Waals surface area contributed by atoms with Gasteiger partial charge in [0.15, 0.2) is 0 Å². The second-order valence-electron chi connectivity index (χ2n) is 7.97. The molecule has 1 atom stereocenters. The van der Waals surface area contributed by atoms with Crippen molar-refractivity contribution in [3.63, 3.8) is 0 Å². The Hall–Kier alpha value is -1.10. The van der Waals surface area contributed by atoms with Gasteiger partial charge in [0, 0.05) is 26.2 Å². The summed E-state index contributed by atoms with van der Waals surface area (Å²) in [5.74, 6) is 2.72. The number of nitrogens with zero attached hydrogens (tertiary/aromatic N) is 2. The van der Waals surface area contributed by atoms with Crippen LogP contribution < -0.4 is 4.74 Å². The van der Waals surface area contributed by atoms with Gasteiger partial charge in [0.25, 0.3) is 0 Å². The molecule has 2 saturated heterocycles. The second kappa shape index (κ2) is 8.52. The van der Waals surface area contributed by atoms with Gasteiger partial charge in [-0.2, -0.15) is 0 Å². The monoisotopic (exact) mass is 344 g/mol. The van der Waals surface area contributed by atoms with E-state index >= 15 is 0 Å². The summed E-state index contributed by atoms with van der Waals surface area (Å²) >= 11 is 0. The Kier molecular flexibility index (Phi) is 5.90. The Bertz CT molecular complexity index is 536. The summed E-state index contributed by atoms with van der Waals surface area (Å²) in [6.07, 6.45) is 5.07. The number of para-hydroxylation sites is 1. The molecule has 25 heavy (non-hydrogen) atoms. The number of rotatable bonds is 4. The van der Waals surface area contributed by atoms with Gasteiger partial charge in [-0.15, -0.1) is 0 Å². The minimum Gasteiger partial charge on any atom is -0.493 e. The summed E-state index contributed by atoms with van der Waals surface area (Å²) in [4.78, 5) is 5.30. The zero-order chi connectivity index (χ0) is 16.9. The number of fused-ring (bicyclic) bond motifs is 1. The third-order valence-corrected chi connectivity index (χ3v) is 6.11. The van der Waals surface area contributed by atoms with Crippen LogP contribution in [-0.2, 0) is 11.2 Å². The molecule has 4 rings (SSSR count). The normalized spacial score (nSPS) is 26.6. The third-order valence-electron chi connectivity index (χ3n) is 6.11. The van der Waals surface area contributed by atoms with E-state index < -0.39 is 0 Å². The molecular formula is C21H32N2O2. The Labute approximate surface area is 152 Å². The molecule has 2 fully saturated rings. The molecule has 0 saturated carbocycles. The van der Waals surface area contributed by atoms with Crippen molar-refractivity contribution in [1.29, 1.82) is 0 Å². The highest BCUT2D eigenvalue weighted by Crippen LogP contribution is 2.28. The van der Waals surface area contributed by atoms with Crippen molar-refractivity contribution in [2.24, 2.45) is 11.8 Å². The van der Waals surface area contributed by atoms with Gasteiger partial charge < -0.3 is 14.4 Å². The van der Waals surface area contributed by atoms with Gasteiger partial charge in [-0.1, -0.05) is 18.2 Å². The number of benzene rings is 1. The van der Waals surface area contributed by atoms with Crippen LogP contribution in [0.4, 0.5) is 0 Å². The summed E-state index contributed by atoms with van der Waals surface area (Å²) in [6, 6.07) is 8.58. The fourth-order valence-electron chi connectivity index (χ4n) is 4.58. The fourth-order valence-corrected chi connectivity index (χ4v) is 4.58. The lowest BCUT2D eigenvalue weighted by Crippen LogP contribution is -2.43. The van der Waals surface area contributed by atoms with E-state index in [-0.39, 0.29) is 0 Å². The molecule has 1 aromatic rings. The maximum atomic E-state index is 5.94. The van der Waals surface area contributed by atoms with Crippen LogP contribution in [0.2, 0.25) is 0 Å². The van der Waals surface area contributed by atoms with Crippen LogP contribution in [-0.4, -0.2) is 68.9 Å². The highest BCUT2D eigenvalue weighted by Gasteiger charge is 2.25. The van der Waals surface area contributed by atoms with Crippen LogP contribution in [0.3, 0.4) is 0 Å². The van der Waals surface area contributed by atoms with E-state index in [0.717, 1.165) is 50.5 Å². The first-order valence-electron chi connectivity index (χ1n) is 10.1. The molecule has 3 heterocycles. The quantitative estimate of drug-likeness (QED) is 0.838. The molecule has 0 unspecified atom stereocenters. The van der Waals surface area contributed by atoms with Crippen LogP contribution in [0, 0.1) is 11.8 Å². The Morgan fingerprint density at radius 2 is 1.52 bits per heavy atom. The highest BCUT2D eigenvalue weighted by atomic mass is 16.5. The van der Waals surface area contributed by atoms with Crippen LogP contribution in [0.5, 0.6) is 5.75 Å². The number of hydrogen-bond acceptors (Lipinski definition) is 4. The van der Waals surface area contributed by atoms with Crippen molar-refractivity contribution >= 4 is 0 Å². The molecule has 0 amide bonds. The Morgan fingerprint density at radius 3 is 2.36 bits per heavy atom. The molecule has 3 aliphatic heterocycles. The number of hydrogen-bond donors (Lipinski definition) is 0. The maximum absolute atomic E-state index is 5.94. The standard InChI is InChI=1S/C21H32N2O2/c1-2-4-21-20(3-1)15-19(7-12-25-21)17-22-8-5-18(6-9-22)16-23-10-13-24-14-11-23/h1-4,18-19H,5-17H2/t19-/m0/s1. The Morgan fingerprint density at radius 1 is 0.800 bits per heavy atom. The first-order chi connectivity index (χ1) is 12.4. The molecule has 138 valence electrons. The van der Waals surface area contributed by atoms with Crippen molar-refractivity contribution in [1.82, 2.24) is 9.80 Å². The summed E-state index contributed by atoms with van der Waals surface area (Å²) in [6.45, 7) is 10.0. The number of likely N-dealkylation sites (tertiary alicyclic amines) is 1. The van der Waals surface area contributed by atoms with Crippen LogP contribution in [0.25, 0.3) is 0 Å². The molecule has 0 bridgehead atoms. The molecule has 0 spiro atoms. The zero-order valence-electron chi connectivity index (χ0n) is 15.4. The van der Waals surface area contributed by atoms with E-state index in [9.17, 15) is 0 Å². The Balaban J connectivity index is 1.23. The second-order valence-corrected chi connectivity index (χ2v) is 7.97. The van der Waals surface area contributed by atoms with E-state index in [1.54, 1.807) is 0 Å². The van der Waals surface area contributed by atoms with Crippen molar-refractivity contribution in [3.05, 3.63) is 29.8 Å². The lowest BCUT2D eigenvalue weighted by molar-refractivity contribution is 0.0238.